The van der Waals surface area contributed by atoms with Gasteiger partial charge in [0.05, 0.1) is 44.2 Å². The van der Waals surface area contributed by atoms with Crippen molar-refractivity contribution in [3.8, 4) is 16.1 Å². The quantitative estimate of drug-likeness (QED) is 0.165. The first-order valence-corrected chi connectivity index (χ1v) is 27.7. The zero-order valence-corrected chi connectivity index (χ0v) is 47.5. The Labute approximate surface area is 472 Å². The number of fused-ring (bicyclic) bond motifs is 6. The van der Waals surface area contributed by atoms with Gasteiger partial charge in [-0.15, -0.1) is 26.6 Å². The summed E-state index contributed by atoms with van der Waals surface area (Å²) in [6.45, 7) is 10.5. The highest BCUT2D eigenvalue weighted by atomic mass is 35.5. The Morgan fingerprint density at radius 1 is 0.875 bits per heavy atom. The Morgan fingerprint density at radius 3 is 2.29 bits per heavy atom. The highest BCUT2D eigenvalue weighted by Crippen LogP contribution is 2.40. The van der Waals surface area contributed by atoms with Crippen LogP contribution in [0, 0.1) is 26.2 Å². The molecule has 0 aliphatic carbocycles. The molecule has 3 aliphatic rings. The van der Waals surface area contributed by atoms with Crippen LogP contribution in [0.5, 0.6) is 0 Å². The number of halogens is 1. The van der Waals surface area contributed by atoms with Gasteiger partial charge in [-0.25, -0.2) is 4.68 Å². The minimum atomic E-state index is -1.31. The van der Waals surface area contributed by atoms with Gasteiger partial charge in [-0.1, -0.05) is 104 Å². The van der Waals surface area contributed by atoms with E-state index < -0.39 is 83.7 Å². The zero-order chi connectivity index (χ0) is 57.2. The molecular formula is C57H66ClN13O8S. The van der Waals surface area contributed by atoms with E-state index in [-0.39, 0.29) is 52.1 Å². The fourth-order valence-electron chi connectivity index (χ4n) is 10.3. The molecule has 6 aromatic rings. The van der Waals surface area contributed by atoms with Crippen molar-refractivity contribution in [3.63, 3.8) is 0 Å². The van der Waals surface area contributed by atoms with Crippen LogP contribution in [0.3, 0.4) is 0 Å². The molecule has 6 atom stereocenters. The minimum Gasteiger partial charge on any atom is -0.391 e. The number of ether oxygens (including phenoxy) is 1. The van der Waals surface area contributed by atoms with Gasteiger partial charge in [0.25, 0.3) is 0 Å². The van der Waals surface area contributed by atoms with Crippen LogP contribution in [0.2, 0.25) is 5.02 Å². The topological polar surface area (TPSA) is 251 Å². The summed E-state index contributed by atoms with van der Waals surface area (Å²) in [5.74, 6) is -2.53. The van der Waals surface area contributed by atoms with Crippen LogP contribution in [-0.4, -0.2) is 162 Å². The minimum absolute atomic E-state index is 0.0136. The predicted molar refractivity (Wildman–Crippen MR) is 300 cm³/mol. The van der Waals surface area contributed by atoms with Crippen molar-refractivity contribution < 1.29 is 38.6 Å². The first-order chi connectivity index (χ1) is 38.1. The molecule has 2 bridgehead atoms. The molecular weight excluding hydrogens is 1060 g/mol. The third kappa shape index (κ3) is 12.5. The SMILES string of the molecule is Cc1sc2c(c1C)C(c1ccc(Cl)cc1)=N[C@@H](CC(=O)N(C)C[C@H]1NC(=O)CNC(=O)[C@@H](Cc3ccc(-c4ccccc4)cc3)NC(=O)[C@@H]3CC(O)CN3C(=O)[C@H](C(C)(C)C)n3cc(nn3)COCCN(C)C1=O)c1nnc(C)n1-2. The summed E-state index contributed by atoms with van der Waals surface area (Å²) >= 11 is 7.91. The molecule has 0 saturated carbocycles. The molecule has 6 heterocycles. The first kappa shape index (κ1) is 57.0. The molecule has 1 saturated heterocycles. The van der Waals surface area contributed by atoms with E-state index in [9.17, 15) is 33.9 Å². The number of nitrogens with one attached hydrogen (secondary N) is 3. The standard InChI is InChI=1S/C57H66ClN13O8S/c1-32-33(2)80-56-48(32)49(38-18-20-39(58)21-19-38)61-42(51-65-63-34(3)71(51)56)26-47(74)68(8)30-44-54(77)67(7)22-23-79-31-40-28-70(66-64-40)50(57(4,5)6)55(78)69-29-41(72)25-45(69)53(76)62-43(52(75)59-27-46(73)60-44)24-35-14-16-37(17-15-35)36-12-10-9-11-13-36/h9-21,28,41-45,50,72H,22-27,29-31H2,1-8H3,(H,59,75)(H,60,73)(H,62,76)/t41?,42-,43+,44+,45-,50+/m0/s1. The second-order valence-corrected chi connectivity index (χ2v) is 23.4. The third-order valence-corrected chi connectivity index (χ3v) is 16.2. The number of hydrogen-bond acceptors (Lipinski definition) is 14. The molecule has 21 nitrogen and oxygen atoms in total. The lowest BCUT2D eigenvalue weighted by Gasteiger charge is -2.35. The number of nitrogens with zero attached hydrogens (tertiary/aromatic N) is 10. The van der Waals surface area contributed by atoms with E-state index in [4.69, 9.17) is 21.3 Å². The van der Waals surface area contributed by atoms with Crippen LogP contribution in [0.4, 0.5) is 0 Å². The van der Waals surface area contributed by atoms with Gasteiger partial charge in [-0.3, -0.25) is 38.3 Å². The molecule has 3 aromatic heterocycles. The van der Waals surface area contributed by atoms with Crippen LogP contribution in [0.15, 0.2) is 90.1 Å². The second kappa shape index (κ2) is 24.0. The van der Waals surface area contributed by atoms with Crippen LogP contribution in [0.1, 0.15) is 90.2 Å². The van der Waals surface area contributed by atoms with Crippen LogP contribution in [0.25, 0.3) is 16.1 Å². The molecule has 1 unspecified atom stereocenters. The molecule has 23 heteroatoms. The lowest BCUT2D eigenvalue weighted by molar-refractivity contribution is -0.144. The summed E-state index contributed by atoms with van der Waals surface area (Å²) in [4.78, 5) is 96.9. The maximum Gasteiger partial charge on any atom is 0.248 e. The fourth-order valence-corrected chi connectivity index (χ4v) is 11.7. The molecule has 9 rings (SSSR count). The van der Waals surface area contributed by atoms with Gasteiger partial charge in [0.2, 0.25) is 35.4 Å². The number of thiophene rings is 1. The molecule has 0 radical (unpaired) electrons. The van der Waals surface area contributed by atoms with Gasteiger partial charge in [0, 0.05) is 67.6 Å². The monoisotopic (exact) mass is 1130 g/mol. The maximum atomic E-state index is 14.6. The number of aliphatic hydroxyl groups is 1. The summed E-state index contributed by atoms with van der Waals surface area (Å²) in [6.07, 6.45) is 0.261. The van der Waals surface area contributed by atoms with Crippen molar-refractivity contribution in [2.45, 2.75) is 104 Å². The van der Waals surface area contributed by atoms with E-state index in [0.29, 0.717) is 33.6 Å². The van der Waals surface area contributed by atoms with Crippen molar-refractivity contribution in [2.24, 2.45) is 10.4 Å². The molecule has 4 N–H and O–H groups in total. The van der Waals surface area contributed by atoms with Crippen molar-refractivity contribution in [1.29, 1.82) is 0 Å². The van der Waals surface area contributed by atoms with Crippen LogP contribution < -0.4 is 16.0 Å². The normalized spacial score (nSPS) is 21.7. The number of carbonyl (C=O) groups excluding carboxylic acids is 6. The van der Waals surface area contributed by atoms with Gasteiger partial charge in [-0.05, 0) is 60.6 Å². The Bertz CT molecular complexity index is 3320. The highest BCUT2D eigenvalue weighted by Gasteiger charge is 2.46. The van der Waals surface area contributed by atoms with E-state index in [1.54, 1.807) is 36.7 Å². The first-order valence-electron chi connectivity index (χ1n) is 26.5. The number of amides is 6. The molecule has 3 aromatic carbocycles. The summed E-state index contributed by atoms with van der Waals surface area (Å²) in [5, 5.41) is 38.2. The number of aliphatic imine (C=N–C) groups is 1. The number of rotatable bonds is 8. The largest absolute Gasteiger partial charge is 0.391 e. The highest BCUT2D eigenvalue weighted by molar-refractivity contribution is 7.15. The van der Waals surface area contributed by atoms with E-state index in [1.807, 2.05) is 113 Å². The average Bonchev–Trinajstić information content (AvgIpc) is 4.30. The Kier molecular flexibility index (Phi) is 17.1. The Hall–Kier alpha value is -7.66. The zero-order valence-electron chi connectivity index (χ0n) is 46.0. The van der Waals surface area contributed by atoms with Crippen molar-refractivity contribution in [3.05, 3.63) is 135 Å². The van der Waals surface area contributed by atoms with E-state index in [1.165, 1.54) is 26.4 Å². The number of aliphatic hydroxyl groups excluding tert-OH is 1. The number of hydrogen-bond donors (Lipinski definition) is 4. The molecule has 420 valence electrons. The molecule has 1 fully saturated rings. The lowest BCUT2D eigenvalue weighted by atomic mass is 9.85. The van der Waals surface area contributed by atoms with E-state index in [2.05, 4.69) is 36.5 Å². The summed E-state index contributed by atoms with van der Waals surface area (Å²) < 4.78 is 9.32. The van der Waals surface area contributed by atoms with Gasteiger partial charge in [0.1, 0.15) is 46.7 Å². The average molecular weight is 1130 g/mol. The van der Waals surface area contributed by atoms with E-state index in [0.717, 1.165) is 37.7 Å². The van der Waals surface area contributed by atoms with Crippen LogP contribution in [-0.2, 0) is 46.5 Å². The summed E-state index contributed by atoms with van der Waals surface area (Å²) in [5.41, 5.74) is 5.62. The smallest absolute Gasteiger partial charge is 0.248 e. The van der Waals surface area contributed by atoms with Gasteiger partial charge in [0.15, 0.2) is 5.82 Å². The fraction of sp³-hybridized carbons (Fsp3) is 0.421. The Balaban J connectivity index is 0.990. The van der Waals surface area contributed by atoms with Crippen LogP contribution >= 0.6 is 22.9 Å². The molecule has 6 amide bonds. The summed E-state index contributed by atoms with van der Waals surface area (Å²) in [7, 11) is 3.07. The third-order valence-electron chi connectivity index (χ3n) is 14.7. The molecule has 80 heavy (non-hydrogen) atoms. The number of aromatic nitrogens is 6. The maximum absolute atomic E-state index is 14.6. The summed E-state index contributed by atoms with van der Waals surface area (Å²) in [6, 6.07) is 19.0. The predicted octanol–water partition coefficient (Wildman–Crippen LogP) is 4.47. The Morgan fingerprint density at radius 2 is 1.57 bits per heavy atom. The van der Waals surface area contributed by atoms with Crippen molar-refractivity contribution in [2.75, 3.05) is 46.9 Å². The van der Waals surface area contributed by atoms with Gasteiger partial charge >= 0.3 is 0 Å². The van der Waals surface area contributed by atoms with Crippen molar-refractivity contribution in [1.82, 2.24) is 60.4 Å². The van der Waals surface area contributed by atoms with Gasteiger partial charge in [-0.2, -0.15) is 0 Å². The lowest BCUT2D eigenvalue weighted by Crippen LogP contribution is -2.57. The second-order valence-electron chi connectivity index (χ2n) is 21.7. The number of aryl methyl sites for hydroxylation is 2. The number of likely N-dealkylation sites (N-methyl/N-ethyl adjacent to an activating group) is 2. The number of benzene rings is 3. The number of carbonyl (C=O) groups is 6. The molecule has 3 aliphatic heterocycles. The van der Waals surface area contributed by atoms with E-state index >= 15 is 0 Å². The molecule has 0 spiro atoms. The van der Waals surface area contributed by atoms with Gasteiger partial charge < -0.3 is 40.5 Å². The van der Waals surface area contributed by atoms with Crippen molar-refractivity contribution >= 4 is 64.1 Å².